The summed E-state index contributed by atoms with van der Waals surface area (Å²) in [5, 5.41) is 2.94. The molecule has 0 radical (unpaired) electrons. The van der Waals surface area contributed by atoms with Crippen LogP contribution in [0.15, 0.2) is 60.9 Å². The number of anilines is 1. The maximum atomic E-state index is 12.5. The van der Waals surface area contributed by atoms with Crippen LogP contribution in [0.2, 0.25) is 0 Å². The van der Waals surface area contributed by atoms with E-state index in [0.717, 1.165) is 41.5 Å². The summed E-state index contributed by atoms with van der Waals surface area (Å²) in [5.41, 5.74) is 3.54. The fourth-order valence-corrected chi connectivity index (χ4v) is 3.61. The second-order valence-electron chi connectivity index (χ2n) is 7.43. The number of carbonyl (C=O) groups is 1. The molecule has 6 heteroatoms. The number of aromatic nitrogens is 2. The van der Waals surface area contributed by atoms with Gasteiger partial charge in [0, 0.05) is 43.2 Å². The van der Waals surface area contributed by atoms with Crippen molar-refractivity contribution in [2.75, 3.05) is 25.1 Å². The van der Waals surface area contributed by atoms with Crippen molar-refractivity contribution in [3.63, 3.8) is 0 Å². The molecule has 0 bridgehead atoms. The number of benzene rings is 2. The van der Waals surface area contributed by atoms with Crippen LogP contribution in [0.25, 0.3) is 11.1 Å². The molecule has 1 saturated heterocycles. The number of nitrogens with zero attached hydrogens (tertiary/aromatic N) is 3. The Bertz CT molecular complexity index is 981. The van der Waals surface area contributed by atoms with Crippen molar-refractivity contribution in [1.82, 2.24) is 15.3 Å². The van der Waals surface area contributed by atoms with Crippen molar-refractivity contribution in [3.05, 3.63) is 72.1 Å². The lowest BCUT2D eigenvalue weighted by Crippen LogP contribution is -2.30. The molecule has 0 atom stereocenters. The number of ether oxygens (including phenoxy) is 1. The lowest BCUT2D eigenvalue weighted by atomic mass is 10.1. The minimum absolute atomic E-state index is 0.110. The first-order valence-corrected chi connectivity index (χ1v) is 10.3. The molecule has 0 unspecified atom stereocenters. The van der Waals surface area contributed by atoms with Crippen molar-refractivity contribution in [2.24, 2.45) is 0 Å². The minimum Gasteiger partial charge on any atom is -0.497 e. The zero-order valence-corrected chi connectivity index (χ0v) is 17.2. The van der Waals surface area contributed by atoms with E-state index in [1.807, 2.05) is 60.9 Å². The number of rotatable bonds is 6. The quantitative estimate of drug-likeness (QED) is 0.673. The minimum atomic E-state index is -0.110. The lowest BCUT2D eigenvalue weighted by Gasteiger charge is -2.26. The van der Waals surface area contributed by atoms with Gasteiger partial charge in [-0.2, -0.15) is 0 Å². The molecule has 1 amide bonds. The van der Waals surface area contributed by atoms with Gasteiger partial charge in [0.1, 0.15) is 5.75 Å². The van der Waals surface area contributed by atoms with Gasteiger partial charge >= 0.3 is 0 Å². The first-order valence-electron chi connectivity index (χ1n) is 10.3. The fourth-order valence-electron chi connectivity index (χ4n) is 3.61. The van der Waals surface area contributed by atoms with Crippen LogP contribution in [-0.4, -0.2) is 36.1 Å². The summed E-state index contributed by atoms with van der Waals surface area (Å²) >= 11 is 0. The molecular weight excluding hydrogens is 376 g/mol. The number of amides is 1. The molecule has 1 fully saturated rings. The Morgan fingerprint density at radius 3 is 2.43 bits per heavy atom. The fraction of sp³-hybridized carbons (Fsp3) is 0.292. The molecule has 154 valence electrons. The van der Waals surface area contributed by atoms with Crippen molar-refractivity contribution < 1.29 is 9.53 Å². The third-order valence-corrected chi connectivity index (χ3v) is 5.34. The molecule has 2 aromatic carbocycles. The molecule has 1 aliphatic rings. The smallest absolute Gasteiger partial charge is 0.251 e. The average molecular weight is 402 g/mol. The molecule has 1 aromatic heterocycles. The SMILES string of the molecule is COc1cccc(CNC(=O)c2ccc(-c3cnc(N4CCCCC4)nc3)cc2)c1. The van der Waals surface area contributed by atoms with E-state index < -0.39 is 0 Å². The van der Waals surface area contributed by atoms with Crippen molar-refractivity contribution in [1.29, 1.82) is 0 Å². The Balaban J connectivity index is 1.37. The van der Waals surface area contributed by atoms with E-state index in [1.165, 1.54) is 19.3 Å². The van der Waals surface area contributed by atoms with Crippen LogP contribution in [0.1, 0.15) is 35.2 Å². The highest BCUT2D eigenvalue weighted by Crippen LogP contribution is 2.21. The number of hydrogen-bond acceptors (Lipinski definition) is 5. The Labute approximate surface area is 176 Å². The van der Waals surface area contributed by atoms with Gasteiger partial charge in [0.05, 0.1) is 7.11 Å². The predicted octanol–water partition coefficient (Wildman–Crippen LogP) is 4.07. The van der Waals surface area contributed by atoms with Gasteiger partial charge in [-0.05, 0) is 54.7 Å². The van der Waals surface area contributed by atoms with Crippen molar-refractivity contribution in [3.8, 4) is 16.9 Å². The number of nitrogens with one attached hydrogen (secondary N) is 1. The zero-order valence-electron chi connectivity index (χ0n) is 17.2. The van der Waals surface area contributed by atoms with Crippen LogP contribution in [0, 0.1) is 0 Å². The third kappa shape index (κ3) is 4.76. The van der Waals surface area contributed by atoms with Gasteiger partial charge in [-0.15, -0.1) is 0 Å². The Morgan fingerprint density at radius 2 is 1.73 bits per heavy atom. The number of hydrogen-bond donors (Lipinski definition) is 1. The molecule has 6 nitrogen and oxygen atoms in total. The van der Waals surface area contributed by atoms with E-state index in [1.54, 1.807) is 7.11 Å². The maximum Gasteiger partial charge on any atom is 0.251 e. The number of methoxy groups -OCH3 is 1. The largest absolute Gasteiger partial charge is 0.497 e. The summed E-state index contributed by atoms with van der Waals surface area (Å²) in [6.07, 6.45) is 7.40. The van der Waals surface area contributed by atoms with Crippen LogP contribution in [0.3, 0.4) is 0 Å². The topological polar surface area (TPSA) is 67.3 Å². The maximum absolute atomic E-state index is 12.5. The average Bonchev–Trinajstić information content (AvgIpc) is 2.83. The molecule has 3 aromatic rings. The van der Waals surface area contributed by atoms with E-state index in [4.69, 9.17) is 4.74 Å². The predicted molar refractivity (Wildman–Crippen MR) is 118 cm³/mol. The van der Waals surface area contributed by atoms with Crippen molar-refractivity contribution in [2.45, 2.75) is 25.8 Å². The van der Waals surface area contributed by atoms with E-state index in [9.17, 15) is 4.79 Å². The van der Waals surface area contributed by atoms with Gasteiger partial charge in [0.25, 0.3) is 5.91 Å². The van der Waals surface area contributed by atoms with E-state index in [2.05, 4.69) is 20.2 Å². The first kappa shape index (κ1) is 19.9. The van der Waals surface area contributed by atoms with Crippen LogP contribution < -0.4 is 15.0 Å². The van der Waals surface area contributed by atoms with E-state index in [0.29, 0.717) is 12.1 Å². The molecule has 0 aliphatic carbocycles. The molecule has 2 heterocycles. The highest BCUT2D eigenvalue weighted by atomic mass is 16.5. The van der Waals surface area contributed by atoms with E-state index in [-0.39, 0.29) is 5.91 Å². The Kier molecular flexibility index (Phi) is 6.23. The van der Waals surface area contributed by atoms with Crippen molar-refractivity contribution >= 4 is 11.9 Å². The van der Waals surface area contributed by atoms with Gasteiger partial charge < -0.3 is 15.0 Å². The Hall–Kier alpha value is -3.41. The molecule has 0 saturated carbocycles. The standard InChI is InChI=1S/C24H26N4O2/c1-30-22-7-5-6-18(14-22)15-25-23(29)20-10-8-19(9-11-20)21-16-26-24(27-17-21)28-12-3-2-4-13-28/h5-11,14,16-17H,2-4,12-13,15H2,1H3,(H,25,29). The van der Waals surface area contributed by atoms with Gasteiger partial charge in [0.15, 0.2) is 0 Å². The third-order valence-electron chi connectivity index (χ3n) is 5.34. The van der Waals surface area contributed by atoms with Crippen LogP contribution >= 0.6 is 0 Å². The molecular formula is C24H26N4O2. The highest BCUT2D eigenvalue weighted by Gasteiger charge is 2.13. The molecule has 1 N–H and O–H groups in total. The molecule has 0 spiro atoms. The highest BCUT2D eigenvalue weighted by molar-refractivity contribution is 5.94. The monoisotopic (exact) mass is 402 g/mol. The molecule has 30 heavy (non-hydrogen) atoms. The second kappa shape index (κ2) is 9.39. The summed E-state index contributed by atoms with van der Waals surface area (Å²) in [6, 6.07) is 15.2. The van der Waals surface area contributed by atoms with E-state index >= 15 is 0 Å². The van der Waals surface area contributed by atoms with Gasteiger partial charge in [-0.25, -0.2) is 9.97 Å². The van der Waals surface area contributed by atoms with Crippen LogP contribution in [-0.2, 0) is 6.54 Å². The summed E-state index contributed by atoms with van der Waals surface area (Å²) in [6.45, 7) is 2.50. The Morgan fingerprint density at radius 1 is 1.00 bits per heavy atom. The summed E-state index contributed by atoms with van der Waals surface area (Å²) < 4.78 is 5.22. The van der Waals surface area contributed by atoms with Crippen LogP contribution in [0.4, 0.5) is 5.95 Å². The molecule has 4 rings (SSSR count). The van der Waals surface area contributed by atoms with Gasteiger partial charge in [0.2, 0.25) is 5.95 Å². The molecule has 1 aliphatic heterocycles. The number of piperidine rings is 1. The normalized spacial score (nSPS) is 13.7. The summed E-state index contributed by atoms with van der Waals surface area (Å²) in [4.78, 5) is 23.8. The lowest BCUT2D eigenvalue weighted by molar-refractivity contribution is 0.0951. The zero-order chi connectivity index (χ0) is 20.8. The number of carbonyl (C=O) groups excluding carboxylic acids is 1. The van der Waals surface area contributed by atoms with Gasteiger partial charge in [-0.3, -0.25) is 4.79 Å². The first-order chi connectivity index (χ1) is 14.7. The summed E-state index contributed by atoms with van der Waals surface area (Å²) in [7, 11) is 1.63. The summed E-state index contributed by atoms with van der Waals surface area (Å²) in [5.74, 6) is 1.47. The second-order valence-corrected chi connectivity index (χ2v) is 7.43. The van der Waals surface area contributed by atoms with Gasteiger partial charge in [-0.1, -0.05) is 24.3 Å². The van der Waals surface area contributed by atoms with Crippen LogP contribution in [0.5, 0.6) is 5.75 Å².